The van der Waals surface area contributed by atoms with Gasteiger partial charge >= 0.3 is 0 Å². The maximum atomic E-state index is 15.9. The van der Waals surface area contributed by atoms with Crippen molar-refractivity contribution < 1.29 is 31.1 Å². The predicted molar refractivity (Wildman–Crippen MR) is 132 cm³/mol. The molecular formula is C27H22F2N2O5S. The molecule has 0 aliphatic carbocycles. The minimum absolute atomic E-state index is 0.0195. The highest BCUT2D eigenvalue weighted by Gasteiger charge is 2.42. The van der Waals surface area contributed by atoms with Gasteiger partial charge in [-0.25, -0.2) is 17.2 Å². The van der Waals surface area contributed by atoms with Crippen molar-refractivity contribution in [2.24, 2.45) is 0 Å². The molecule has 0 saturated carbocycles. The third-order valence-corrected chi connectivity index (χ3v) is 8.18. The van der Waals surface area contributed by atoms with Crippen molar-refractivity contribution in [3.63, 3.8) is 0 Å². The molecule has 0 radical (unpaired) electrons. The molecule has 2 bridgehead atoms. The van der Waals surface area contributed by atoms with Crippen LogP contribution in [0.3, 0.4) is 0 Å². The van der Waals surface area contributed by atoms with Gasteiger partial charge in [0.05, 0.1) is 30.2 Å². The summed E-state index contributed by atoms with van der Waals surface area (Å²) in [6.07, 6.45) is 4.09. The van der Waals surface area contributed by atoms with E-state index in [-0.39, 0.29) is 28.1 Å². The number of sulfone groups is 1. The summed E-state index contributed by atoms with van der Waals surface area (Å²) in [5.41, 5.74) is 1.05. The lowest BCUT2D eigenvalue weighted by Gasteiger charge is -2.34. The second-order valence-electron chi connectivity index (χ2n) is 9.40. The number of furan rings is 1. The molecule has 2 unspecified atom stereocenters. The van der Waals surface area contributed by atoms with Crippen molar-refractivity contribution in [2.45, 2.75) is 29.8 Å². The van der Waals surface area contributed by atoms with E-state index in [9.17, 15) is 17.6 Å². The second-order valence-corrected chi connectivity index (χ2v) is 11.4. The van der Waals surface area contributed by atoms with Crippen molar-refractivity contribution in [2.75, 3.05) is 19.5 Å². The number of benzene rings is 2. The molecule has 2 atom stereocenters. The van der Waals surface area contributed by atoms with Crippen molar-refractivity contribution in [3.05, 3.63) is 71.9 Å². The number of halogens is 2. The molecule has 190 valence electrons. The van der Waals surface area contributed by atoms with E-state index in [1.165, 1.54) is 24.4 Å². The highest BCUT2D eigenvalue weighted by molar-refractivity contribution is 7.90. The number of nitrogens with zero attached hydrogens (tertiary/aromatic N) is 2. The summed E-state index contributed by atoms with van der Waals surface area (Å²) in [4.78, 5) is 19.4. The first-order valence-corrected chi connectivity index (χ1v) is 13.7. The summed E-state index contributed by atoms with van der Waals surface area (Å²) in [7, 11) is -3.35. The van der Waals surface area contributed by atoms with Crippen LogP contribution >= 0.6 is 0 Å². The maximum absolute atomic E-state index is 15.9. The molecule has 1 amide bonds. The zero-order chi connectivity index (χ0) is 25.9. The van der Waals surface area contributed by atoms with Crippen LogP contribution in [0.2, 0.25) is 0 Å². The van der Waals surface area contributed by atoms with E-state index in [0.717, 1.165) is 25.2 Å². The summed E-state index contributed by atoms with van der Waals surface area (Å²) >= 11 is 0. The molecule has 2 fully saturated rings. The Labute approximate surface area is 211 Å². The molecular weight excluding hydrogens is 502 g/mol. The first-order chi connectivity index (χ1) is 17.7. The normalized spacial score (nSPS) is 19.5. The number of carbonyl (C=O) groups excluding carboxylic acids is 1. The van der Waals surface area contributed by atoms with Crippen LogP contribution in [0.1, 0.15) is 23.2 Å². The number of amides is 1. The van der Waals surface area contributed by atoms with E-state index in [1.54, 1.807) is 29.2 Å². The smallest absolute Gasteiger partial charge is 0.260 e. The van der Waals surface area contributed by atoms with Crippen LogP contribution in [0.15, 0.2) is 64.0 Å². The number of morpholine rings is 1. The third kappa shape index (κ3) is 4.00. The largest absolute Gasteiger partial charge is 0.454 e. The zero-order valence-electron chi connectivity index (χ0n) is 19.8. The molecule has 10 heteroatoms. The van der Waals surface area contributed by atoms with Crippen molar-refractivity contribution in [1.29, 1.82) is 0 Å². The Morgan fingerprint density at radius 1 is 1.00 bits per heavy atom. The Morgan fingerprint density at radius 3 is 2.38 bits per heavy atom. The number of aromatic nitrogens is 1. The first-order valence-electron chi connectivity index (χ1n) is 11.8. The first kappa shape index (κ1) is 23.7. The molecule has 7 nitrogen and oxygen atoms in total. The summed E-state index contributed by atoms with van der Waals surface area (Å²) < 4.78 is 65.8. The number of pyridine rings is 1. The number of ether oxygens (including phenoxy) is 1. The van der Waals surface area contributed by atoms with Crippen LogP contribution in [0.5, 0.6) is 0 Å². The second kappa shape index (κ2) is 8.74. The summed E-state index contributed by atoms with van der Waals surface area (Å²) in [5, 5.41) is 0. The van der Waals surface area contributed by atoms with E-state index in [4.69, 9.17) is 9.15 Å². The number of carbonyl (C=O) groups is 1. The lowest BCUT2D eigenvalue weighted by atomic mass is 10.0. The lowest BCUT2D eigenvalue weighted by Crippen LogP contribution is -2.49. The van der Waals surface area contributed by atoms with Crippen LogP contribution in [0.4, 0.5) is 8.78 Å². The quantitative estimate of drug-likeness (QED) is 0.379. The summed E-state index contributed by atoms with van der Waals surface area (Å²) in [6.45, 7) is 0.715. The third-order valence-electron chi connectivity index (χ3n) is 7.05. The van der Waals surface area contributed by atoms with Crippen LogP contribution in [0.25, 0.3) is 33.6 Å². The SMILES string of the molecule is CS(=O)(=O)c1ccc(-c2cc3nccc(-c4ccc(F)c(C(=O)N5C6CCC5COC6)c4F)c3o2)cc1. The minimum atomic E-state index is -3.35. The number of hydrogen-bond donors (Lipinski definition) is 0. The van der Waals surface area contributed by atoms with Gasteiger partial charge < -0.3 is 14.1 Å². The minimum Gasteiger partial charge on any atom is -0.454 e. The number of hydrogen-bond acceptors (Lipinski definition) is 6. The van der Waals surface area contributed by atoms with Gasteiger partial charge in [-0.2, -0.15) is 0 Å². The Bertz CT molecular complexity index is 1630. The monoisotopic (exact) mass is 524 g/mol. The average molecular weight is 525 g/mol. The van der Waals surface area contributed by atoms with Crippen LogP contribution in [-0.2, 0) is 14.6 Å². The van der Waals surface area contributed by atoms with Gasteiger partial charge in [-0.3, -0.25) is 9.78 Å². The highest BCUT2D eigenvalue weighted by atomic mass is 32.2. The molecule has 4 aromatic rings. The van der Waals surface area contributed by atoms with Gasteiger partial charge in [-0.1, -0.05) is 0 Å². The van der Waals surface area contributed by atoms with E-state index in [2.05, 4.69) is 4.98 Å². The molecule has 4 heterocycles. The predicted octanol–water partition coefficient (Wildman–Crippen LogP) is 4.85. The molecule has 2 aromatic heterocycles. The van der Waals surface area contributed by atoms with Crippen molar-refractivity contribution in [1.82, 2.24) is 9.88 Å². The topological polar surface area (TPSA) is 89.7 Å². The van der Waals surface area contributed by atoms with Gasteiger partial charge in [0.15, 0.2) is 15.4 Å². The maximum Gasteiger partial charge on any atom is 0.260 e. The molecule has 6 rings (SSSR count). The summed E-state index contributed by atoms with van der Waals surface area (Å²) in [5.74, 6) is -2.16. The van der Waals surface area contributed by atoms with Gasteiger partial charge in [0.25, 0.3) is 5.91 Å². The Kier molecular flexibility index (Phi) is 5.61. The standard InChI is InChI=1S/C27H22F2N2O5S/c1-37(33,34)18-6-2-15(3-7-18)23-12-22-26(36-23)20(10-11-30-22)19-8-9-21(28)24(25(19)29)27(32)31-16-4-5-17(31)14-35-13-16/h2-3,6-12,16-17H,4-5,13-14H2,1H3. The highest BCUT2D eigenvalue weighted by Crippen LogP contribution is 2.37. The fraction of sp³-hybridized carbons (Fsp3) is 0.259. The molecule has 2 aliphatic heterocycles. The molecule has 2 saturated heterocycles. The lowest BCUT2D eigenvalue weighted by molar-refractivity contribution is -0.00762. The van der Waals surface area contributed by atoms with E-state index in [0.29, 0.717) is 35.6 Å². The van der Waals surface area contributed by atoms with Gasteiger partial charge in [0, 0.05) is 35.2 Å². The van der Waals surface area contributed by atoms with Crippen LogP contribution < -0.4 is 0 Å². The van der Waals surface area contributed by atoms with Crippen molar-refractivity contribution >= 4 is 26.8 Å². The Balaban J connectivity index is 1.42. The number of fused-ring (bicyclic) bond motifs is 3. The summed E-state index contributed by atoms with van der Waals surface area (Å²) in [6, 6.07) is 11.4. The van der Waals surface area contributed by atoms with Crippen LogP contribution in [0, 0.1) is 11.6 Å². The van der Waals surface area contributed by atoms with E-state index < -0.39 is 32.9 Å². The van der Waals surface area contributed by atoms with Gasteiger partial charge in [-0.15, -0.1) is 0 Å². The zero-order valence-corrected chi connectivity index (χ0v) is 20.6. The fourth-order valence-corrected chi connectivity index (χ4v) is 5.84. The Morgan fingerprint density at radius 2 is 1.70 bits per heavy atom. The molecule has 2 aliphatic rings. The van der Waals surface area contributed by atoms with Gasteiger partial charge in [0.2, 0.25) is 0 Å². The van der Waals surface area contributed by atoms with E-state index in [1.807, 2.05) is 0 Å². The van der Waals surface area contributed by atoms with E-state index >= 15 is 4.39 Å². The van der Waals surface area contributed by atoms with Crippen LogP contribution in [-0.4, -0.2) is 55.8 Å². The van der Waals surface area contributed by atoms with Gasteiger partial charge in [-0.05, 0) is 55.3 Å². The molecule has 2 aromatic carbocycles. The van der Waals surface area contributed by atoms with Gasteiger partial charge in [0.1, 0.15) is 28.5 Å². The molecule has 0 N–H and O–H groups in total. The Hall–Kier alpha value is -3.63. The fourth-order valence-electron chi connectivity index (χ4n) is 5.20. The number of rotatable bonds is 4. The average Bonchev–Trinajstić information content (AvgIpc) is 3.42. The molecule has 37 heavy (non-hydrogen) atoms. The molecule has 0 spiro atoms. The van der Waals surface area contributed by atoms with Crippen molar-refractivity contribution in [3.8, 4) is 22.5 Å².